The molecule has 0 aliphatic carbocycles. The van der Waals surface area contributed by atoms with Gasteiger partial charge in [0.25, 0.3) is 0 Å². The first-order chi connectivity index (χ1) is 10.5. The fourth-order valence-corrected chi connectivity index (χ4v) is 2.86. The Morgan fingerprint density at radius 2 is 2.23 bits per heavy atom. The van der Waals surface area contributed by atoms with E-state index in [0.29, 0.717) is 6.54 Å². The number of aromatic nitrogens is 1. The van der Waals surface area contributed by atoms with E-state index < -0.39 is 5.60 Å². The average Bonchev–Trinajstić information content (AvgIpc) is 3.02. The average molecular weight is 319 g/mol. The van der Waals surface area contributed by atoms with Crippen molar-refractivity contribution in [1.29, 1.82) is 0 Å². The van der Waals surface area contributed by atoms with Crippen molar-refractivity contribution in [3.05, 3.63) is 52.0 Å². The zero-order chi connectivity index (χ0) is 16.0. The zero-order valence-corrected chi connectivity index (χ0v) is 13.6. The third kappa shape index (κ3) is 4.54. The van der Waals surface area contributed by atoms with Gasteiger partial charge in [-0.2, -0.15) is 11.3 Å². The molecule has 2 aromatic heterocycles. The largest absolute Gasteiger partial charge is 0.384 e. The number of carbonyl (C=O) groups is 1. The summed E-state index contributed by atoms with van der Waals surface area (Å²) in [7, 11) is 0. The minimum absolute atomic E-state index is 0.170. The van der Waals surface area contributed by atoms with Gasteiger partial charge in [0, 0.05) is 18.9 Å². The van der Waals surface area contributed by atoms with Crippen molar-refractivity contribution in [2.24, 2.45) is 0 Å². The smallest absolute Gasteiger partial charge is 0.314 e. The van der Waals surface area contributed by atoms with Gasteiger partial charge in [-0.15, -0.1) is 0 Å². The summed E-state index contributed by atoms with van der Waals surface area (Å²) in [4.78, 5) is 15.8. The molecule has 118 valence electrons. The van der Waals surface area contributed by atoms with Crippen LogP contribution in [0.25, 0.3) is 0 Å². The third-order valence-corrected chi connectivity index (χ3v) is 4.24. The summed E-state index contributed by atoms with van der Waals surface area (Å²) in [5, 5.41) is 19.6. The molecule has 6 heteroatoms. The van der Waals surface area contributed by atoms with Crippen molar-refractivity contribution in [2.75, 3.05) is 13.1 Å². The number of urea groups is 1. The Hall–Kier alpha value is -1.92. The maximum atomic E-state index is 11.8. The van der Waals surface area contributed by atoms with Gasteiger partial charge in [-0.25, -0.2) is 4.79 Å². The molecule has 0 aliphatic rings. The first-order valence-electron chi connectivity index (χ1n) is 7.15. The SMILES string of the molecule is Cc1cnccc1CCNC(=O)NCC(C)(O)c1ccsc1. The van der Waals surface area contributed by atoms with E-state index in [0.717, 1.165) is 17.5 Å². The molecule has 0 saturated carbocycles. The van der Waals surface area contributed by atoms with Crippen molar-refractivity contribution >= 4 is 17.4 Å². The quantitative estimate of drug-likeness (QED) is 0.764. The van der Waals surface area contributed by atoms with Crippen LogP contribution in [0.4, 0.5) is 4.79 Å². The second kappa shape index (κ2) is 7.38. The number of nitrogens with one attached hydrogen (secondary N) is 2. The summed E-state index contributed by atoms with van der Waals surface area (Å²) in [5.41, 5.74) is 2.04. The van der Waals surface area contributed by atoms with Gasteiger partial charge in [0.2, 0.25) is 0 Å². The maximum Gasteiger partial charge on any atom is 0.314 e. The first kappa shape index (κ1) is 16.5. The monoisotopic (exact) mass is 319 g/mol. The van der Waals surface area contributed by atoms with E-state index in [4.69, 9.17) is 0 Å². The standard InChI is InChI=1S/C16H21N3O2S/c1-12-9-17-6-3-13(12)4-7-18-15(20)19-11-16(2,21)14-5-8-22-10-14/h3,5-6,8-10,21H,4,7,11H2,1-2H3,(H2,18,19,20). The second-order valence-corrected chi connectivity index (χ2v) is 6.23. The predicted octanol–water partition coefficient (Wildman–Crippen LogP) is 2.20. The molecule has 22 heavy (non-hydrogen) atoms. The summed E-state index contributed by atoms with van der Waals surface area (Å²) in [5.74, 6) is 0. The number of thiophene rings is 1. The molecular weight excluding hydrogens is 298 g/mol. The van der Waals surface area contributed by atoms with Gasteiger partial charge in [0.1, 0.15) is 5.60 Å². The number of aryl methyl sites for hydroxylation is 1. The Bertz CT molecular complexity index is 612. The predicted molar refractivity (Wildman–Crippen MR) is 88.0 cm³/mol. The Kier molecular flexibility index (Phi) is 5.51. The lowest BCUT2D eigenvalue weighted by Gasteiger charge is -2.22. The van der Waals surface area contributed by atoms with E-state index in [9.17, 15) is 9.90 Å². The fraction of sp³-hybridized carbons (Fsp3) is 0.375. The van der Waals surface area contributed by atoms with Gasteiger partial charge >= 0.3 is 6.03 Å². The van der Waals surface area contributed by atoms with Gasteiger partial charge in [-0.1, -0.05) is 0 Å². The van der Waals surface area contributed by atoms with Crippen LogP contribution in [0.3, 0.4) is 0 Å². The number of hydrogen-bond donors (Lipinski definition) is 3. The van der Waals surface area contributed by atoms with Crippen LogP contribution in [-0.4, -0.2) is 29.2 Å². The summed E-state index contributed by atoms with van der Waals surface area (Å²) in [6, 6.07) is 3.54. The molecule has 0 fully saturated rings. The normalized spacial score (nSPS) is 13.4. The Labute approximate surface area is 134 Å². The first-order valence-corrected chi connectivity index (χ1v) is 8.09. The van der Waals surface area contributed by atoms with Gasteiger partial charge in [0.15, 0.2) is 0 Å². The number of pyridine rings is 1. The molecule has 3 N–H and O–H groups in total. The van der Waals surface area contributed by atoms with E-state index in [1.807, 2.05) is 36.0 Å². The molecule has 2 aromatic rings. The van der Waals surface area contributed by atoms with Crippen molar-refractivity contribution < 1.29 is 9.90 Å². The summed E-state index contributed by atoms with van der Waals surface area (Å²) < 4.78 is 0. The topological polar surface area (TPSA) is 74.2 Å². The van der Waals surface area contributed by atoms with Crippen LogP contribution in [0.1, 0.15) is 23.6 Å². The highest BCUT2D eigenvalue weighted by Gasteiger charge is 2.23. The number of aliphatic hydroxyl groups is 1. The molecule has 2 rings (SSSR count). The molecule has 0 bridgehead atoms. The fourth-order valence-electron chi connectivity index (χ4n) is 2.08. The Morgan fingerprint density at radius 1 is 1.41 bits per heavy atom. The minimum Gasteiger partial charge on any atom is -0.384 e. The van der Waals surface area contributed by atoms with E-state index in [1.54, 1.807) is 13.1 Å². The number of nitrogens with zero attached hydrogens (tertiary/aromatic N) is 1. The van der Waals surface area contributed by atoms with Gasteiger partial charge in [-0.05, 0) is 59.9 Å². The van der Waals surface area contributed by atoms with Crippen LogP contribution in [0, 0.1) is 6.92 Å². The maximum absolute atomic E-state index is 11.8. The summed E-state index contributed by atoms with van der Waals surface area (Å²) in [6.07, 6.45) is 4.32. The van der Waals surface area contributed by atoms with Crippen molar-refractivity contribution in [1.82, 2.24) is 15.6 Å². The molecular formula is C16H21N3O2S. The Balaban J connectivity index is 1.73. The highest BCUT2D eigenvalue weighted by atomic mass is 32.1. The van der Waals surface area contributed by atoms with Gasteiger partial charge in [0.05, 0.1) is 6.54 Å². The number of hydrogen-bond acceptors (Lipinski definition) is 4. The summed E-state index contributed by atoms with van der Waals surface area (Å²) in [6.45, 7) is 4.40. The molecule has 0 radical (unpaired) electrons. The molecule has 2 heterocycles. The molecule has 1 unspecified atom stereocenters. The highest BCUT2D eigenvalue weighted by molar-refractivity contribution is 7.08. The van der Waals surface area contributed by atoms with E-state index in [-0.39, 0.29) is 12.6 Å². The zero-order valence-electron chi connectivity index (χ0n) is 12.8. The molecule has 0 spiro atoms. The number of rotatable bonds is 6. The third-order valence-electron chi connectivity index (χ3n) is 3.55. The number of amides is 2. The van der Waals surface area contributed by atoms with Crippen molar-refractivity contribution in [3.63, 3.8) is 0 Å². The highest BCUT2D eigenvalue weighted by Crippen LogP contribution is 2.21. The van der Waals surface area contributed by atoms with Gasteiger partial charge in [-0.3, -0.25) is 4.98 Å². The van der Waals surface area contributed by atoms with Crippen LogP contribution < -0.4 is 10.6 Å². The molecule has 0 saturated heterocycles. The lowest BCUT2D eigenvalue weighted by molar-refractivity contribution is 0.0598. The van der Waals surface area contributed by atoms with Crippen molar-refractivity contribution in [3.8, 4) is 0 Å². The van der Waals surface area contributed by atoms with Crippen LogP contribution in [-0.2, 0) is 12.0 Å². The summed E-state index contributed by atoms with van der Waals surface area (Å²) >= 11 is 1.52. The molecule has 5 nitrogen and oxygen atoms in total. The minimum atomic E-state index is -1.06. The van der Waals surface area contributed by atoms with Crippen LogP contribution in [0.15, 0.2) is 35.3 Å². The van der Waals surface area contributed by atoms with Gasteiger partial charge < -0.3 is 15.7 Å². The van der Waals surface area contributed by atoms with Crippen LogP contribution >= 0.6 is 11.3 Å². The van der Waals surface area contributed by atoms with Crippen LogP contribution in [0.2, 0.25) is 0 Å². The lowest BCUT2D eigenvalue weighted by Crippen LogP contribution is -2.43. The molecule has 1 atom stereocenters. The Morgan fingerprint density at radius 3 is 2.91 bits per heavy atom. The van der Waals surface area contributed by atoms with E-state index >= 15 is 0 Å². The van der Waals surface area contributed by atoms with Crippen LogP contribution in [0.5, 0.6) is 0 Å². The molecule has 2 amide bonds. The molecule has 0 aliphatic heterocycles. The van der Waals surface area contributed by atoms with Crippen molar-refractivity contribution in [2.45, 2.75) is 25.9 Å². The number of carbonyl (C=O) groups excluding carboxylic acids is 1. The van der Waals surface area contributed by atoms with E-state index in [1.165, 1.54) is 16.9 Å². The molecule has 0 aromatic carbocycles. The second-order valence-electron chi connectivity index (χ2n) is 5.45. The van der Waals surface area contributed by atoms with E-state index in [2.05, 4.69) is 15.6 Å². The lowest BCUT2D eigenvalue weighted by atomic mass is 9.99.